The summed E-state index contributed by atoms with van der Waals surface area (Å²) in [7, 11) is 0.572. The van der Waals surface area contributed by atoms with Crippen LogP contribution in [0.1, 0.15) is 12.0 Å². The zero-order valence-electron chi connectivity index (χ0n) is 11.8. The number of methoxy groups -OCH3 is 1. The second-order valence-corrected chi connectivity index (χ2v) is 6.09. The van der Waals surface area contributed by atoms with Crippen LogP contribution >= 0.6 is 0 Å². The lowest BCUT2D eigenvalue weighted by molar-refractivity contribution is 0.125. The van der Waals surface area contributed by atoms with Gasteiger partial charge in [-0.1, -0.05) is 12.1 Å². The molecule has 0 saturated heterocycles. The fourth-order valence-corrected chi connectivity index (χ4v) is 2.76. The van der Waals surface area contributed by atoms with Gasteiger partial charge >= 0.3 is 0 Å². The van der Waals surface area contributed by atoms with E-state index >= 15 is 0 Å². The summed E-state index contributed by atoms with van der Waals surface area (Å²) in [6, 6.07) is 7.38. The van der Waals surface area contributed by atoms with Gasteiger partial charge in [-0.2, -0.15) is 0 Å². The molecule has 6 heteroatoms. The molecule has 20 heavy (non-hydrogen) atoms. The summed E-state index contributed by atoms with van der Waals surface area (Å²) in [5.41, 5.74) is 6.53. The highest BCUT2D eigenvalue weighted by Crippen LogP contribution is 2.12. The molecule has 1 aromatic carbocycles. The summed E-state index contributed by atoms with van der Waals surface area (Å²) in [5.74, 6) is 1.44. The Morgan fingerprint density at radius 3 is 2.65 bits per heavy atom. The standard InChI is InChI=1S/C14H23NO4S/c1-18-7-2-8-20(17)11-13(16)10-19-14-5-3-12(9-15)4-6-14/h3-6,13,16H,2,7-11,15H2,1H3. The van der Waals surface area contributed by atoms with Crippen molar-refractivity contribution in [2.75, 3.05) is 31.8 Å². The molecule has 114 valence electrons. The Morgan fingerprint density at radius 2 is 2.05 bits per heavy atom. The van der Waals surface area contributed by atoms with Crippen LogP contribution in [-0.2, 0) is 22.1 Å². The molecular weight excluding hydrogens is 278 g/mol. The van der Waals surface area contributed by atoms with E-state index in [1.807, 2.05) is 24.3 Å². The van der Waals surface area contributed by atoms with E-state index in [1.54, 1.807) is 7.11 Å². The van der Waals surface area contributed by atoms with Crippen molar-refractivity contribution in [3.8, 4) is 5.75 Å². The van der Waals surface area contributed by atoms with Crippen molar-refractivity contribution in [3.63, 3.8) is 0 Å². The molecule has 3 N–H and O–H groups in total. The van der Waals surface area contributed by atoms with Crippen LogP contribution in [0.2, 0.25) is 0 Å². The van der Waals surface area contributed by atoms with E-state index in [-0.39, 0.29) is 12.4 Å². The number of hydrogen-bond acceptors (Lipinski definition) is 5. The normalized spacial score (nSPS) is 13.9. The van der Waals surface area contributed by atoms with Crippen LogP contribution in [0.15, 0.2) is 24.3 Å². The lowest BCUT2D eigenvalue weighted by Crippen LogP contribution is -2.25. The largest absolute Gasteiger partial charge is 0.491 e. The number of aliphatic hydroxyl groups is 1. The topological polar surface area (TPSA) is 81.8 Å². The summed E-state index contributed by atoms with van der Waals surface area (Å²) >= 11 is 0. The van der Waals surface area contributed by atoms with Crippen molar-refractivity contribution in [2.24, 2.45) is 5.73 Å². The molecule has 0 aliphatic heterocycles. The van der Waals surface area contributed by atoms with Crippen molar-refractivity contribution < 1.29 is 18.8 Å². The van der Waals surface area contributed by atoms with Crippen molar-refractivity contribution in [1.29, 1.82) is 0 Å². The smallest absolute Gasteiger partial charge is 0.119 e. The van der Waals surface area contributed by atoms with E-state index in [2.05, 4.69) is 0 Å². The molecule has 0 amide bonds. The highest BCUT2D eigenvalue weighted by atomic mass is 32.2. The SMILES string of the molecule is COCCCS(=O)CC(O)COc1ccc(CN)cc1. The fraction of sp³-hybridized carbons (Fsp3) is 0.571. The number of nitrogens with two attached hydrogens (primary N) is 1. The van der Waals surface area contributed by atoms with Crippen LogP contribution < -0.4 is 10.5 Å². The molecule has 5 nitrogen and oxygen atoms in total. The first-order valence-electron chi connectivity index (χ1n) is 6.59. The minimum atomic E-state index is -1.04. The second kappa shape index (κ2) is 9.88. The van der Waals surface area contributed by atoms with E-state index < -0.39 is 16.9 Å². The Kier molecular flexibility index (Phi) is 8.45. The summed E-state index contributed by atoms with van der Waals surface area (Å²) in [6.45, 7) is 1.22. The molecule has 0 aliphatic rings. The van der Waals surface area contributed by atoms with Gasteiger partial charge in [-0.3, -0.25) is 4.21 Å². The van der Waals surface area contributed by atoms with E-state index in [0.717, 1.165) is 12.0 Å². The molecule has 0 bridgehead atoms. The van der Waals surface area contributed by atoms with Gasteiger partial charge in [0.2, 0.25) is 0 Å². The van der Waals surface area contributed by atoms with Crippen LogP contribution in [0.5, 0.6) is 5.75 Å². The molecular formula is C14H23NO4S. The number of aliphatic hydroxyl groups excluding tert-OH is 1. The molecule has 1 rings (SSSR count). The van der Waals surface area contributed by atoms with Gasteiger partial charge in [0.1, 0.15) is 12.4 Å². The zero-order valence-corrected chi connectivity index (χ0v) is 12.6. The quantitative estimate of drug-likeness (QED) is 0.621. The molecule has 2 unspecified atom stereocenters. The van der Waals surface area contributed by atoms with Gasteiger partial charge in [-0.15, -0.1) is 0 Å². The molecule has 0 heterocycles. The summed E-state index contributed by atoms with van der Waals surface area (Å²) < 4.78 is 22.0. The molecule has 2 atom stereocenters. The number of hydrogen-bond donors (Lipinski definition) is 2. The van der Waals surface area contributed by atoms with Crippen LogP contribution in [0.3, 0.4) is 0 Å². The van der Waals surface area contributed by atoms with Gasteiger partial charge in [0.05, 0.1) is 11.9 Å². The Bertz CT molecular complexity index is 397. The maximum Gasteiger partial charge on any atom is 0.119 e. The minimum Gasteiger partial charge on any atom is -0.491 e. The molecule has 1 aromatic rings. The van der Waals surface area contributed by atoms with Gasteiger partial charge < -0.3 is 20.3 Å². The summed E-state index contributed by atoms with van der Waals surface area (Å²) in [4.78, 5) is 0. The van der Waals surface area contributed by atoms with Gasteiger partial charge in [0.15, 0.2) is 0 Å². The Morgan fingerprint density at radius 1 is 1.35 bits per heavy atom. The maximum absolute atomic E-state index is 11.6. The maximum atomic E-state index is 11.6. The average Bonchev–Trinajstić information content (AvgIpc) is 2.46. The Balaban J connectivity index is 2.24. The van der Waals surface area contributed by atoms with Crippen LogP contribution in [0.25, 0.3) is 0 Å². The highest BCUT2D eigenvalue weighted by Gasteiger charge is 2.10. The summed E-state index contributed by atoms with van der Waals surface area (Å²) in [6.07, 6.45) is 0.00426. The molecule has 0 fully saturated rings. The van der Waals surface area contributed by atoms with Gasteiger partial charge in [-0.25, -0.2) is 0 Å². The van der Waals surface area contributed by atoms with E-state index in [9.17, 15) is 9.32 Å². The molecule has 0 radical (unpaired) electrons. The van der Waals surface area contributed by atoms with E-state index in [0.29, 0.717) is 24.7 Å². The Labute approximate surface area is 122 Å². The first-order chi connectivity index (χ1) is 9.65. The van der Waals surface area contributed by atoms with Crippen LogP contribution in [0.4, 0.5) is 0 Å². The van der Waals surface area contributed by atoms with E-state index in [1.165, 1.54) is 0 Å². The zero-order chi connectivity index (χ0) is 14.8. The third-order valence-corrected chi connectivity index (χ3v) is 4.20. The van der Waals surface area contributed by atoms with Crippen molar-refractivity contribution in [3.05, 3.63) is 29.8 Å². The number of ether oxygens (including phenoxy) is 2. The average molecular weight is 301 g/mol. The van der Waals surface area contributed by atoms with Gasteiger partial charge in [0.25, 0.3) is 0 Å². The first kappa shape index (κ1) is 17.1. The van der Waals surface area contributed by atoms with E-state index in [4.69, 9.17) is 15.2 Å². The van der Waals surface area contributed by atoms with Crippen LogP contribution in [0, 0.1) is 0 Å². The highest BCUT2D eigenvalue weighted by molar-refractivity contribution is 7.85. The number of rotatable bonds is 10. The monoisotopic (exact) mass is 301 g/mol. The lowest BCUT2D eigenvalue weighted by Gasteiger charge is -2.12. The third kappa shape index (κ3) is 7.00. The second-order valence-electron chi connectivity index (χ2n) is 4.47. The summed E-state index contributed by atoms with van der Waals surface area (Å²) in [5, 5.41) is 9.77. The molecule has 0 saturated carbocycles. The Hall–Kier alpha value is -0.950. The predicted octanol–water partition coefficient (Wildman–Crippen LogP) is 0.670. The van der Waals surface area contributed by atoms with Gasteiger partial charge in [-0.05, 0) is 24.1 Å². The molecule has 0 aromatic heterocycles. The minimum absolute atomic E-state index is 0.137. The van der Waals surface area contributed by atoms with Crippen molar-refractivity contribution in [1.82, 2.24) is 0 Å². The predicted molar refractivity (Wildman–Crippen MR) is 80.2 cm³/mol. The molecule has 0 spiro atoms. The van der Waals surface area contributed by atoms with Crippen molar-refractivity contribution in [2.45, 2.75) is 19.1 Å². The molecule has 0 aliphatic carbocycles. The lowest BCUT2D eigenvalue weighted by atomic mass is 10.2. The third-order valence-electron chi connectivity index (χ3n) is 2.70. The van der Waals surface area contributed by atoms with Gasteiger partial charge in [0, 0.05) is 36.8 Å². The fourth-order valence-electron chi connectivity index (χ4n) is 1.62. The van der Waals surface area contributed by atoms with Crippen molar-refractivity contribution >= 4 is 10.8 Å². The first-order valence-corrected chi connectivity index (χ1v) is 8.08. The number of benzene rings is 1. The van der Waals surface area contributed by atoms with Crippen LogP contribution in [-0.4, -0.2) is 47.2 Å².